The maximum Gasteiger partial charge on any atom is 0.0474 e. The van der Waals surface area contributed by atoms with E-state index in [9.17, 15) is 0 Å². The summed E-state index contributed by atoms with van der Waals surface area (Å²) in [5.74, 6) is 1.20. The highest BCUT2D eigenvalue weighted by molar-refractivity contribution is 6.31. The molecule has 0 saturated heterocycles. The molecule has 0 aliphatic rings. The maximum absolute atomic E-state index is 6.00. The van der Waals surface area contributed by atoms with Gasteiger partial charge < -0.3 is 0 Å². The summed E-state index contributed by atoms with van der Waals surface area (Å²) in [4.78, 5) is 0. The molecule has 1 rings (SSSR count). The van der Waals surface area contributed by atoms with Crippen molar-refractivity contribution in [2.24, 2.45) is 0 Å². The van der Waals surface area contributed by atoms with E-state index in [0.717, 1.165) is 29.0 Å². The number of alkyl halides is 2. The van der Waals surface area contributed by atoms with Gasteiger partial charge in [0, 0.05) is 16.8 Å². The second kappa shape index (κ2) is 5.74. The van der Waals surface area contributed by atoms with Crippen molar-refractivity contribution >= 4 is 34.8 Å². The lowest BCUT2D eigenvalue weighted by Crippen LogP contribution is -1.90. The van der Waals surface area contributed by atoms with Crippen LogP contribution in [0.3, 0.4) is 0 Å². The number of halogens is 3. The highest BCUT2D eigenvalue weighted by atomic mass is 35.5. The molecule has 1 aromatic rings. The molecule has 0 amide bonds. The number of aryl methyl sites for hydroxylation is 1. The van der Waals surface area contributed by atoms with Gasteiger partial charge in [-0.05, 0) is 30.0 Å². The zero-order chi connectivity index (χ0) is 9.68. The highest BCUT2D eigenvalue weighted by Gasteiger charge is 2.01. The molecule has 0 bridgehead atoms. The molecule has 0 nitrogen and oxygen atoms in total. The largest absolute Gasteiger partial charge is 0.127 e. The molecular weight excluding hydrogens is 226 g/mol. The van der Waals surface area contributed by atoms with Crippen LogP contribution in [0.1, 0.15) is 17.5 Å². The van der Waals surface area contributed by atoms with Gasteiger partial charge in [-0.25, -0.2) is 0 Å². The number of rotatable bonds is 4. The van der Waals surface area contributed by atoms with Gasteiger partial charge in [0.2, 0.25) is 0 Å². The summed E-state index contributed by atoms with van der Waals surface area (Å²) in [6, 6.07) is 5.88. The first-order valence-corrected chi connectivity index (χ1v) is 5.62. The molecule has 72 valence electrons. The molecule has 0 unspecified atom stereocenters. The van der Waals surface area contributed by atoms with Crippen LogP contribution >= 0.6 is 34.8 Å². The zero-order valence-electron chi connectivity index (χ0n) is 7.19. The van der Waals surface area contributed by atoms with Crippen molar-refractivity contribution < 1.29 is 0 Å². The first-order chi connectivity index (χ1) is 6.27. The summed E-state index contributed by atoms with van der Waals surface area (Å²) in [5, 5.41) is 0.805. The molecule has 13 heavy (non-hydrogen) atoms. The molecule has 0 spiro atoms. The molecule has 1 aromatic carbocycles. The van der Waals surface area contributed by atoms with Crippen LogP contribution in [0.2, 0.25) is 5.02 Å². The van der Waals surface area contributed by atoms with E-state index in [2.05, 4.69) is 0 Å². The minimum atomic E-state index is 0.533. The molecule has 0 aliphatic carbocycles. The van der Waals surface area contributed by atoms with Crippen molar-refractivity contribution in [3.05, 3.63) is 34.3 Å². The fourth-order valence-electron chi connectivity index (χ4n) is 1.16. The van der Waals surface area contributed by atoms with E-state index in [4.69, 9.17) is 34.8 Å². The van der Waals surface area contributed by atoms with Crippen LogP contribution in [0.4, 0.5) is 0 Å². The Hall–Kier alpha value is 0.0900. The minimum absolute atomic E-state index is 0.533. The van der Waals surface area contributed by atoms with E-state index in [1.807, 2.05) is 18.2 Å². The third-order valence-corrected chi connectivity index (χ3v) is 2.79. The van der Waals surface area contributed by atoms with E-state index < -0.39 is 0 Å². The Morgan fingerprint density at radius 3 is 2.54 bits per heavy atom. The molecule has 0 saturated carbocycles. The van der Waals surface area contributed by atoms with Gasteiger partial charge in [0.15, 0.2) is 0 Å². The lowest BCUT2D eigenvalue weighted by Gasteiger charge is -2.04. The third kappa shape index (κ3) is 3.38. The molecule has 0 atom stereocenters. The van der Waals surface area contributed by atoms with Gasteiger partial charge in [-0.3, -0.25) is 0 Å². The SMILES string of the molecule is ClCCCc1cc(CCl)ccc1Cl. The summed E-state index contributed by atoms with van der Waals surface area (Å²) in [7, 11) is 0. The smallest absolute Gasteiger partial charge is 0.0474 e. The van der Waals surface area contributed by atoms with Crippen molar-refractivity contribution in [2.45, 2.75) is 18.7 Å². The summed E-state index contributed by atoms with van der Waals surface area (Å²) in [6.07, 6.45) is 1.88. The normalized spacial score (nSPS) is 10.4. The Kier molecular flexibility index (Phi) is 4.93. The summed E-state index contributed by atoms with van der Waals surface area (Å²) < 4.78 is 0. The van der Waals surface area contributed by atoms with Gasteiger partial charge in [0.25, 0.3) is 0 Å². The molecule has 0 aromatic heterocycles. The number of hydrogen-bond acceptors (Lipinski definition) is 0. The summed E-state index contributed by atoms with van der Waals surface area (Å²) >= 11 is 17.3. The van der Waals surface area contributed by atoms with Crippen LogP contribution in [0, 0.1) is 0 Å². The van der Waals surface area contributed by atoms with Crippen molar-refractivity contribution in [2.75, 3.05) is 5.88 Å². The standard InChI is InChI=1S/C10H11Cl3/c11-5-1-2-9-6-8(7-12)3-4-10(9)13/h3-4,6H,1-2,5,7H2. The summed E-state index contributed by atoms with van der Waals surface area (Å²) in [6.45, 7) is 0. The van der Waals surface area contributed by atoms with Gasteiger partial charge in [0.1, 0.15) is 0 Å². The molecule has 0 N–H and O–H groups in total. The topological polar surface area (TPSA) is 0 Å². The third-order valence-electron chi connectivity index (χ3n) is 1.84. The molecular formula is C10H11Cl3. The van der Waals surface area contributed by atoms with Crippen LogP contribution < -0.4 is 0 Å². The Morgan fingerprint density at radius 2 is 1.92 bits per heavy atom. The Bertz CT molecular complexity index is 271. The van der Waals surface area contributed by atoms with E-state index in [0.29, 0.717) is 11.8 Å². The van der Waals surface area contributed by atoms with E-state index in [1.54, 1.807) is 0 Å². The van der Waals surface area contributed by atoms with Crippen LogP contribution in [-0.4, -0.2) is 5.88 Å². The maximum atomic E-state index is 6.00. The molecule has 0 fully saturated rings. The Balaban J connectivity index is 2.78. The number of benzene rings is 1. The van der Waals surface area contributed by atoms with E-state index >= 15 is 0 Å². The molecule has 0 heterocycles. The van der Waals surface area contributed by atoms with E-state index in [-0.39, 0.29) is 0 Å². The fourth-order valence-corrected chi connectivity index (χ4v) is 1.67. The predicted molar refractivity (Wildman–Crippen MR) is 60.1 cm³/mol. The van der Waals surface area contributed by atoms with Crippen LogP contribution in [0.25, 0.3) is 0 Å². The average Bonchev–Trinajstić information content (AvgIpc) is 2.17. The minimum Gasteiger partial charge on any atom is -0.127 e. The lowest BCUT2D eigenvalue weighted by atomic mass is 10.1. The summed E-state index contributed by atoms with van der Waals surface area (Å²) in [5.41, 5.74) is 2.25. The Morgan fingerprint density at radius 1 is 1.15 bits per heavy atom. The Labute approximate surface area is 93.8 Å². The monoisotopic (exact) mass is 236 g/mol. The quantitative estimate of drug-likeness (QED) is 0.687. The zero-order valence-corrected chi connectivity index (χ0v) is 9.46. The first-order valence-electron chi connectivity index (χ1n) is 4.17. The molecule has 0 radical (unpaired) electrons. The van der Waals surface area contributed by atoms with Crippen LogP contribution in [0.15, 0.2) is 18.2 Å². The van der Waals surface area contributed by atoms with Gasteiger partial charge in [-0.15, -0.1) is 23.2 Å². The van der Waals surface area contributed by atoms with Gasteiger partial charge in [0.05, 0.1) is 0 Å². The van der Waals surface area contributed by atoms with Crippen molar-refractivity contribution in [1.82, 2.24) is 0 Å². The first kappa shape index (κ1) is 11.2. The van der Waals surface area contributed by atoms with Gasteiger partial charge in [-0.2, -0.15) is 0 Å². The van der Waals surface area contributed by atoms with Gasteiger partial charge >= 0.3 is 0 Å². The second-order valence-corrected chi connectivity index (χ2v) is 3.90. The molecule has 0 aliphatic heterocycles. The average molecular weight is 238 g/mol. The van der Waals surface area contributed by atoms with Crippen molar-refractivity contribution in [3.8, 4) is 0 Å². The molecule has 3 heteroatoms. The van der Waals surface area contributed by atoms with Crippen molar-refractivity contribution in [3.63, 3.8) is 0 Å². The fraction of sp³-hybridized carbons (Fsp3) is 0.400. The number of hydrogen-bond donors (Lipinski definition) is 0. The second-order valence-electron chi connectivity index (χ2n) is 2.85. The highest BCUT2D eigenvalue weighted by Crippen LogP contribution is 2.20. The van der Waals surface area contributed by atoms with E-state index in [1.165, 1.54) is 0 Å². The predicted octanol–water partition coefficient (Wildman–Crippen LogP) is 4.25. The lowest BCUT2D eigenvalue weighted by molar-refractivity contribution is 0.927. The van der Waals surface area contributed by atoms with Crippen LogP contribution in [-0.2, 0) is 12.3 Å². The van der Waals surface area contributed by atoms with Gasteiger partial charge in [-0.1, -0.05) is 23.7 Å². The van der Waals surface area contributed by atoms with Crippen molar-refractivity contribution in [1.29, 1.82) is 0 Å². The van der Waals surface area contributed by atoms with Crippen LogP contribution in [0.5, 0.6) is 0 Å².